The summed E-state index contributed by atoms with van der Waals surface area (Å²) in [5.41, 5.74) is 2.99. The summed E-state index contributed by atoms with van der Waals surface area (Å²) in [5.74, 6) is 0.747. The summed E-state index contributed by atoms with van der Waals surface area (Å²) in [6, 6.07) is 19.4. The molecule has 2 atom stereocenters. The number of aliphatic hydroxyl groups is 1. The Bertz CT molecular complexity index is 1440. The zero-order valence-corrected chi connectivity index (χ0v) is 23.3. The lowest BCUT2D eigenvalue weighted by Gasteiger charge is -2.26. The van der Waals surface area contributed by atoms with Crippen molar-refractivity contribution in [2.45, 2.75) is 52.3 Å². The van der Waals surface area contributed by atoms with E-state index in [1.54, 1.807) is 31.4 Å². The molecule has 0 bridgehead atoms. The molecule has 0 aliphatic carbocycles. The quantitative estimate of drug-likeness (QED) is 0.201. The number of hydrogen-bond donors (Lipinski definition) is 1. The highest BCUT2D eigenvalue weighted by molar-refractivity contribution is 6.46. The second kappa shape index (κ2) is 11.5. The van der Waals surface area contributed by atoms with Crippen LogP contribution in [-0.2, 0) is 22.6 Å². The SMILES string of the molecule is COc1cc([C@H]2/C(=C(\O)c3ccc4c(c3)C[C@H](C)O4)C(=O)C(=O)N2Cc2ccccc2)ccc1OCCC(C)C. The maximum Gasteiger partial charge on any atom is 0.295 e. The van der Waals surface area contributed by atoms with Gasteiger partial charge < -0.3 is 24.2 Å². The lowest BCUT2D eigenvalue weighted by Crippen LogP contribution is -2.29. The topological polar surface area (TPSA) is 85.3 Å². The molecule has 7 heteroatoms. The van der Waals surface area contributed by atoms with E-state index in [4.69, 9.17) is 14.2 Å². The van der Waals surface area contributed by atoms with E-state index in [-0.39, 0.29) is 24.0 Å². The minimum absolute atomic E-state index is 0.0394. The van der Waals surface area contributed by atoms with Gasteiger partial charge in [0.1, 0.15) is 17.6 Å². The first-order valence-corrected chi connectivity index (χ1v) is 13.7. The van der Waals surface area contributed by atoms with Crippen molar-refractivity contribution in [3.8, 4) is 17.2 Å². The lowest BCUT2D eigenvalue weighted by molar-refractivity contribution is -0.140. The molecule has 7 nitrogen and oxygen atoms in total. The first kappa shape index (κ1) is 27.3. The van der Waals surface area contributed by atoms with Crippen LogP contribution < -0.4 is 14.2 Å². The molecule has 5 rings (SSSR count). The molecule has 0 saturated carbocycles. The summed E-state index contributed by atoms with van der Waals surface area (Å²) in [4.78, 5) is 28.5. The fourth-order valence-corrected chi connectivity index (χ4v) is 5.27. The number of methoxy groups -OCH3 is 1. The van der Waals surface area contributed by atoms with Crippen LogP contribution in [0.25, 0.3) is 5.76 Å². The summed E-state index contributed by atoms with van der Waals surface area (Å²) in [6.45, 7) is 7.00. The second-order valence-electron chi connectivity index (χ2n) is 10.8. The van der Waals surface area contributed by atoms with Gasteiger partial charge in [0.2, 0.25) is 0 Å². The van der Waals surface area contributed by atoms with Crippen LogP contribution in [0.2, 0.25) is 0 Å². The van der Waals surface area contributed by atoms with E-state index in [0.717, 1.165) is 23.3 Å². The molecule has 2 aliphatic heterocycles. The smallest absolute Gasteiger partial charge is 0.295 e. The Morgan fingerprint density at radius 1 is 1.05 bits per heavy atom. The Morgan fingerprint density at radius 3 is 2.55 bits per heavy atom. The molecule has 1 amide bonds. The number of carbonyl (C=O) groups is 2. The number of ketones is 1. The Kier molecular flexibility index (Phi) is 7.83. The lowest BCUT2D eigenvalue weighted by atomic mass is 9.94. The van der Waals surface area contributed by atoms with Gasteiger partial charge in [-0.3, -0.25) is 9.59 Å². The molecule has 2 aliphatic rings. The molecule has 0 aromatic heterocycles. The zero-order valence-electron chi connectivity index (χ0n) is 23.3. The first-order chi connectivity index (χ1) is 19.3. The maximum absolute atomic E-state index is 13.5. The number of nitrogens with zero attached hydrogens (tertiary/aromatic N) is 1. The fraction of sp³-hybridized carbons (Fsp3) is 0.333. The number of rotatable bonds is 9. The summed E-state index contributed by atoms with van der Waals surface area (Å²) < 4.78 is 17.4. The summed E-state index contributed by atoms with van der Waals surface area (Å²) >= 11 is 0. The molecular weight excluding hydrogens is 506 g/mol. The van der Waals surface area contributed by atoms with E-state index in [1.165, 1.54) is 4.90 Å². The number of fused-ring (bicyclic) bond motifs is 1. The van der Waals surface area contributed by atoms with E-state index in [9.17, 15) is 14.7 Å². The van der Waals surface area contributed by atoms with E-state index in [0.29, 0.717) is 41.6 Å². The third-order valence-corrected chi connectivity index (χ3v) is 7.36. The van der Waals surface area contributed by atoms with Crippen LogP contribution in [0.3, 0.4) is 0 Å². The Balaban J connectivity index is 1.59. The number of Topliss-reactive ketones (excluding diaryl/α,β-unsaturated/α-hetero) is 1. The maximum atomic E-state index is 13.5. The number of aliphatic hydroxyl groups excluding tert-OH is 1. The highest BCUT2D eigenvalue weighted by Crippen LogP contribution is 2.43. The number of carbonyl (C=O) groups excluding carboxylic acids is 2. The normalized spacial score (nSPS) is 19.6. The third-order valence-electron chi connectivity index (χ3n) is 7.36. The number of likely N-dealkylation sites (tertiary alicyclic amines) is 1. The Hall–Kier alpha value is -4.26. The molecule has 0 unspecified atom stereocenters. The standard InChI is InChI=1S/C33H35NO6/c1-20(2)14-15-39-27-13-10-23(18-28(27)38-4)30-29(31(35)24-11-12-26-25(17-24)16-21(3)40-26)32(36)33(37)34(30)19-22-8-6-5-7-9-22/h5-13,17-18,20-21,30,35H,14-16,19H2,1-4H3/b31-29+/t21-,30-/m0/s1. The van der Waals surface area contributed by atoms with Crippen LogP contribution in [0.4, 0.5) is 0 Å². The predicted octanol–water partition coefficient (Wildman–Crippen LogP) is 6.07. The average molecular weight is 542 g/mol. The van der Waals surface area contributed by atoms with Gasteiger partial charge in [-0.1, -0.05) is 50.2 Å². The second-order valence-corrected chi connectivity index (χ2v) is 10.8. The molecule has 1 N–H and O–H groups in total. The molecule has 40 heavy (non-hydrogen) atoms. The summed E-state index contributed by atoms with van der Waals surface area (Å²) in [7, 11) is 1.56. The summed E-state index contributed by atoms with van der Waals surface area (Å²) in [6.07, 6.45) is 1.64. The van der Waals surface area contributed by atoms with Crippen LogP contribution in [0.15, 0.2) is 72.3 Å². The van der Waals surface area contributed by atoms with Gasteiger partial charge in [-0.05, 0) is 66.3 Å². The van der Waals surface area contributed by atoms with Crippen molar-refractivity contribution in [2.24, 2.45) is 5.92 Å². The van der Waals surface area contributed by atoms with Gasteiger partial charge in [0.25, 0.3) is 11.7 Å². The molecule has 208 valence electrons. The van der Waals surface area contributed by atoms with Gasteiger partial charge in [-0.2, -0.15) is 0 Å². The van der Waals surface area contributed by atoms with Crippen molar-refractivity contribution in [2.75, 3.05) is 13.7 Å². The van der Waals surface area contributed by atoms with Crippen LogP contribution in [0.1, 0.15) is 55.5 Å². The third kappa shape index (κ3) is 5.41. The highest BCUT2D eigenvalue weighted by atomic mass is 16.5. The van der Waals surface area contributed by atoms with Crippen molar-refractivity contribution in [1.82, 2.24) is 4.90 Å². The van der Waals surface area contributed by atoms with Crippen molar-refractivity contribution in [3.05, 3.63) is 94.6 Å². The summed E-state index contributed by atoms with van der Waals surface area (Å²) in [5, 5.41) is 11.6. The van der Waals surface area contributed by atoms with E-state index >= 15 is 0 Å². The van der Waals surface area contributed by atoms with Gasteiger partial charge >= 0.3 is 0 Å². The number of benzene rings is 3. The van der Waals surface area contributed by atoms with E-state index in [1.807, 2.05) is 49.4 Å². The molecule has 3 aromatic carbocycles. The van der Waals surface area contributed by atoms with Crippen molar-refractivity contribution in [3.63, 3.8) is 0 Å². The van der Waals surface area contributed by atoms with Gasteiger partial charge in [0.15, 0.2) is 11.5 Å². The number of hydrogen-bond acceptors (Lipinski definition) is 6. The molecule has 0 spiro atoms. The Labute approximate surface area is 235 Å². The van der Waals surface area contributed by atoms with Crippen molar-refractivity contribution in [1.29, 1.82) is 0 Å². The molecule has 1 fully saturated rings. The van der Waals surface area contributed by atoms with Gasteiger partial charge in [-0.25, -0.2) is 0 Å². The van der Waals surface area contributed by atoms with Gasteiger partial charge in [0.05, 0.1) is 25.3 Å². The highest BCUT2D eigenvalue weighted by Gasteiger charge is 2.46. The van der Waals surface area contributed by atoms with Gasteiger partial charge in [0, 0.05) is 18.5 Å². The molecule has 3 aromatic rings. The van der Waals surface area contributed by atoms with E-state index < -0.39 is 17.7 Å². The molecule has 2 heterocycles. The number of amides is 1. The van der Waals surface area contributed by atoms with Crippen molar-refractivity contribution < 1.29 is 28.9 Å². The van der Waals surface area contributed by atoms with Crippen LogP contribution in [-0.4, -0.2) is 41.5 Å². The Morgan fingerprint density at radius 2 is 1.82 bits per heavy atom. The molecular formula is C33H35NO6. The minimum atomic E-state index is -0.817. The largest absolute Gasteiger partial charge is 0.507 e. The molecule has 1 saturated heterocycles. The van der Waals surface area contributed by atoms with Crippen LogP contribution in [0, 0.1) is 5.92 Å². The van der Waals surface area contributed by atoms with Crippen LogP contribution in [0.5, 0.6) is 17.2 Å². The monoisotopic (exact) mass is 541 g/mol. The number of ether oxygens (including phenoxy) is 3. The average Bonchev–Trinajstić information content (AvgIpc) is 3.44. The first-order valence-electron chi connectivity index (χ1n) is 13.7. The van der Waals surface area contributed by atoms with Crippen LogP contribution >= 0.6 is 0 Å². The van der Waals surface area contributed by atoms with Gasteiger partial charge in [-0.15, -0.1) is 0 Å². The minimum Gasteiger partial charge on any atom is -0.507 e. The zero-order chi connectivity index (χ0) is 28.4. The predicted molar refractivity (Wildman–Crippen MR) is 152 cm³/mol. The van der Waals surface area contributed by atoms with Crippen molar-refractivity contribution >= 4 is 17.4 Å². The van der Waals surface area contributed by atoms with E-state index in [2.05, 4.69) is 13.8 Å². The fourth-order valence-electron chi connectivity index (χ4n) is 5.27. The molecule has 0 radical (unpaired) electrons.